The zero-order valence-corrected chi connectivity index (χ0v) is 67.2. The number of nitrogens with zero attached hydrogens (tertiary/aromatic N) is 5. The molecule has 0 bridgehead atoms. The first-order chi connectivity index (χ1) is 47.8. The average Bonchev–Trinajstić information content (AvgIpc) is 1.12. The molecule has 0 aromatic carbocycles. The predicted molar refractivity (Wildman–Crippen MR) is 407 cm³/mol. The summed E-state index contributed by atoms with van der Waals surface area (Å²) >= 11 is 1.72. The van der Waals surface area contributed by atoms with E-state index in [2.05, 4.69) is 78.0 Å². The van der Waals surface area contributed by atoms with Crippen LogP contribution in [0.3, 0.4) is 0 Å². The van der Waals surface area contributed by atoms with Crippen molar-refractivity contribution in [1.82, 2.24) is 86.6 Å². The van der Waals surface area contributed by atoms with Gasteiger partial charge >= 0.3 is 0 Å². The summed E-state index contributed by atoms with van der Waals surface area (Å²) in [5.74, 6) is 2.43. The number of aryl methyl sites for hydroxylation is 1. The molecule has 4 atom stereocenters. The molecule has 100 heavy (non-hydrogen) atoms. The normalized spacial score (nSPS) is 17.6. The maximum absolute atomic E-state index is 11.1. The molecule has 0 amide bonds. The number of hydrogen-bond donors (Lipinski definition) is 15. The second kappa shape index (κ2) is 71.7. The molecule has 4 aliphatic rings. The molecule has 4 unspecified atom stereocenters. The summed E-state index contributed by atoms with van der Waals surface area (Å²) in [4.78, 5) is 11.0. The van der Waals surface area contributed by atoms with Gasteiger partial charge in [0.25, 0.3) is 0 Å². The molecule has 0 radical (unpaired) electrons. The van der Waals surface area contributed by atoms with Crippen molar-refractivity contribution < 1.29 is 68.7 Å². The summed E-state index contributed by atoms with van der Waals surface area (Å²) in [5, 5.41) is 59.6. The highest BCUT2D eigenvalue weighted by Gasteiger charge is 2.24. The van der Waals surface area contributed by atoms with Crippen LogP contribution in [0.2, 0.25) is 0 Å². The number of H-pyrrole nitrogens is 1. The number of thioether (sulfide) groups is 1. The molecular weight excluding hydrogens is 1380 g/mol. The third-order valence-corrected chi connectivity index (χ3v) is 19.4. The molecule has 0 spiro atoms. The van der Waals surface area contributed by atoms with Crippen molar-refractivity contribution in [3.63, 3.8) is 0 Å². The number of aliphatic hydroxyl groups excluding tert-OH is 3. The Morgan fingerprint density at radius 2 is 1.30 bits per heavy atom. The lowest BCUT2D eigenvalue weighted by Gasteiger charge is -2.29. The molecular formula is C64H141N17O15S4. The van der Waals surface area contributed by atoms with Gasteiger partial charge in [0, 0.05) is 136 Å². The Hall–Kier alpha value is -2.94. The van der Waals surface area contributed by atoms with Crippen LogP contribution in [-0.2, 0) is 66.7 Å². The number of likely N-dealkylation sites (N-methyl/N-ethyl adjacent to an activating group) is 4. The fourth-order valence-corrected chi connectivity index (χ4v) is 11.5. The minimum absolute atomic E-state index is 0.00694. The quantitative estimate of drug-likeness (QED) is 0.0267. The Labute approximate surface area is 608 Å². The molecule has 36 heteroatoms. The van der Waals surface area contributed by atoms with Crippen molar-refractivity contribution in [2.75, 3.05) is 241 Å². The largest absolute Gasteiger partial charge is 0.468 e. The van der Waals surface area contributed by atoms with E-state index in [1.807, 2.05) is 87.2 Å². The maximum Gasteiger partial charge on any atom is 0.214 e. The van der Waals surface area contributed by atoms with Gasteiger partial charge in [0.05, 0.1) is 114 Å². The minimum Gasteiger partial charge on any atom is -0.468 e. The predicted octanol–water partition coefficient (Wildman–Crippen LogP) is -0.868. The molecule has 15 N–H and O–H groups in total. The smallest absolute Gasteiger partial charge is 0.214 e. The summed E-state index contributed by atoms with van der Waals surface area (Å²) in [5.41, 5.74) is 0. The summed E-state index contributed by atoms with van der Waals surface area (Å²) < 4.78 is 100. The van der Waals surface area contributed by atoms with Gasteiger partial charge in [0.2, 0.25) is 20.0 Å². The number of methoxy groups -OCH3 is 2. The highest BCUT2D eigenvalue weighted by atomic mass is 32.2. The molecule has 7 rings (SSSR count). The van der Waals surface area contributed by atoms with Crippen molar-refractivity contribution in [3.8, 4) is 0 Å². The number of sulfone groups is 1. The minimum atomic E-state index is -2.99. The van der Waals surface area contributed by atoms with E-state index in [-0.39, 0.29) is 43.0 Å². The van der Waals surface area contributed by atoms with Gasteiger partial charge in [0.1, 0.15) is 15.6 Å². The number of aliphatic hydroxyl groups is 3. The number of rotatable bonds is 32. The van der Waals surface area contributed by atoms with Crippen LogP contribution in [0.15, 0.2) is 59.1 Å². The summed E-state index contributed by atoms with van der Waals surface area (Å²) in [7, 11) is 18.3. The first-order valence-corrected chi connectivity index (χ1v) is 40.8. The molecule has 3 saturated heterocycles. The Morgan fingerprint density at radius 1 is 0.700 bits per heavy atom. The molecule has 32 nitrogen and oxygen atoms in total. The Kier molecular flexibility index (Phi) is 74.1. The lowest BCUT2D eigenvalue weighted by atomic mass is 9.93. The maximum atomic E-state index is 11.1. The molecule has 3 aromatic heterocycles. The highest BCUT2D eigenvalue weighted by Crippen LogP contribution is 2.18. The topological polar surface area (TPSA) is 408 Å². The van der Waals surface area contributed by atoms with E-state index in [0.29, 0.717) is 63.6 Å². The molecule has 596 valence electrons. The van der Waals surface area contributed by atoms with Crippen LogP contribution in [-0.4, -0.2) is 352 Å². The third kappa shape index (κ3) is 67.0. The van der Waals surface area contributed by atoms with Crippen LogP contribution in [0.1, 0.15) is 63.5 Å². The summed E-state index contributed by atoms with van der Waals surface area (Å²) in [6.07, 6.45) is 23.9. The second-order valence-electron chi connectivity index (χ2n) is 23.2. The van der Waals surface area contributed by atoms with E-state index < -0.39 is 29.9 Å². The standard InChI is InChI=1S/C7H13N3.C7H16N2O2S.C7H15NO.C6H11N3S.C6H13NO2.C6H15NO2.C6H13NO.C6H9NO.C5H14N2O2S.C4H11NO2S.C4H11NO2/c1-8-3-2-5-10-6-4-9-7-10;1-8-7-3-5-9(6-4-7)12(2,10)11;1-8-6-3-2-4-7(9)5-6;1-7-4-5-10-6-8-2-3-9-6;1-7-4-6-5-8-2-3-9-6;1-7-6(4-8-2)5-9-3;2*1-7-5-6-3-2-4-8-6;1-6-4-5-10(8,9)7(2)3;1-5-3-4-8(2,6)7;1-5-4(2-6)3-7/h4,6-8H,2-3,5H2,1H3;7-8H,3-6H2,1-2H3;6-9H,2-5H2,1H3;2-3,7H,4-5H2,1H3,(H,8,9);6-7H,2-5H2,1H3;6-7H,4-5H2,1-3H3;6-7H,2-5H2,1H3;2-4,7H,5H2,1H3;6H,4-5H2,1-3H3;5H,3-4H2,1-2H3;4-7H,2-3H2,1H3. The number of aromatic nitrogens is 4. The van der Waals surface area contributed by atoms with Gasteiger partial charge in [0.15, 0.2) is 5.16 Å². The van der Waals surface area contributed by atoms with Crippen molar-refractivity contribution in [2.45, 2.75) is 119 Å². The number of imidazole rings is 2. The SMILES string of the molecule is CNC(CO)CO.CNC(COC)COC.CNC1CCCC(O)C1.CNC1CCN(S(C)(=O)=O)CC1.CNCC1CCCO1.CNCC1COCCO1.CNCCCn1ccnc1.CNCCS(=O)(=O)N(C)C.CNCCS(C)(=O)=O.CNCCSc1ncc[nH]1.CNCc1ccco1. The van der Waals surface area contributed by atoms with E-state index >= 15 is 0 Å². The lowest BCUT2D eigenvalue weighted by Crippen LogP contribution is -2.43. The summed E-state index contributed by atoms with van der Waals surface area (Å²) in [6, 6.07) is 5.04. The first-order valence-electron chi connectivity index (χ1n) is 34.3. The molecule has 6 heterocycles. The number of sulfonamides is 2. The van der Waals surface area contributed by atoms with Crippen LogP contribution in [0.5, 0.6) is 0 Å². The molecule has 3 aromatic rings. The van der Waals surface area contributed by atoms with E-state index in [1.54, 1.807) is 70.1 Å². The number of piperidine rings is 1. The highest BCUT2D eigenvalue weighted by molar-refractivity contribution is 7.99. The van der Waals surface area contributed by atoms with E-state index in [1.165, 1.54) is 56.6 Å². The zero-order chi connectivity index (χ0) is 76.1. The van der Waals surface area contributed by atoms with Crippen LogP contribution in [0.4, 0.5) is 0 Å². The van der Waals surface area contributed by atoms with E-state index in [0.717, 1.165) is 114 Å². The number of hydrogen-bond acceptors (Lipinski definition) is 29. The fraction of sp³-hybridized carbons (Fsp3) is 0.844. The van der Waals surface area contributed by atoms with Gasteiger partial charge in [-0.15, -0.1) is 0 Å². The van der Waals surface area contributed by atoms with Crippen LogP contribution < -0.4 is 58.5 Å². The fourth-order valence-electron chi connectivity index (χ4n) is 8.40. The number of furan rings is 1. The van der Waals surface area contributed by atoms with Crippen molar-refractivity contribution in [2.24, 2.45) is 0 Å². The number of ether oxygens (including phenoxy) is 5. The van der Waals surface area contributed by atoms with Crippen LogP contribution >= 0.6 is 11.8 Å². The van der Waals surface area contributed by atoms with Gasteiger partial charge in [-0.3, -0.25) is 0 Å². The van der Waals surface area contributed by atoms with Gasteiger partial charge < -0.3 is 111 Å². The van der Waals surface area contributed by atoms with Crippen LogP contribution in [0.25, 0.3) is 0 Å². The van der Waals surface area contributed by atoms with Crippen molar-refractivity contribution in [3.05, 3.63) is 55.3 Å². The lowest BCUT2D eigenvalue weighted by molar-refractivity contribution is -0.0858. The van der Waals surface area contributed by atoms with Gasteiger partial charge in [-0.25, -0.2) is 43.8 Å². The van der Waals surface area contributed by atoms with Crippen molar-refractivity contribution in [1.29, 1.82) is 0 Å². The number of aromatic amines is 1. The second-order valence-corrected chi connectivity index (χ2v) is 30.9. The molecule has 4 fully saturated rings. The van der Waals surface area contributed by atoms with Gasteiger partial charge in [-0.05, 0) is 154 Å². The third-order valence-electron chi connectivity index (χ3n) is 14.4. The zero-order valence-electron chi connectivity index (χ0n) is 64.0. The van der Waals surface area contributed by atoms with Crippen molar-refractivity contribution >= 4 is 41.6 Å². The molecule has 3 aliphatic heterocycles. The monoisotopic (exact) mass is 1520 g/mol. The number of nitrogens with one attached hydrogen (secondary N) is 12. The van der Waals surface area contributed by atoms with Gasteiger partial charge in [-0.1, -0.05) is 11.8 Å². The molecule has 1 aliphatic carbocycles. The van der Waals surface area contributed by atoms with E-state index in [9.17, 15) is 30.4 Å². The van der Waals surface area contributed by atoms with Gasteiger partial charge in [-0.2, -0.15) is 0 Å². The average molecular weight is 1520 g/mol. The Balaban J connectivity index is -0.000000508. The van der Waals surface area contributed by atoms with Crippen LogP contribution in [0, 0.1) is 0 Å². The summed E-state index contributed by atoms with van der Waals surface area (Å²) in [6.45, 7) is 12.8. The van der Waals surface area contributed by atoms with E-state index in [4.69, 9.17) is 38.3 Å². The first kappa shape index (κ1) is 103. The Bertz CT molecular complexity index is 2370. The Morgan fingerprint density at radius 3 is 1.69 bits per heavy atom. The molecule has 1 saturated carbocycles.